The number of aromatic nitrogens is 3. The van der Waals surface area contributed by atoms with Crippen molar-refractivity contribution < 1.29 is 19.0 Å². The van der Waals surface area contributed by atoms with E-state index in [4.69, 9.17) is 4.74 Å². The zero-order chi connectivity index (χ0) is 25.5. The molecule has 3 atom stereocenters. The Hall–Kier alpha value is -3.44. The van der Waals surface area contributed by atoms with Gasteiger partial charge in [0, 0.05) is 44.0 Å². The van der Waals surface area contributed by atoms with E-state index in [2.05, 4.69) is 26.7 Å². The molecular formula is C28H33FN4O3. The molecule has 1 N–H and O–H groups in total. The molecule has 1 fully saturated rings. The predicted molar refractivity (Wildman–Crippen MR) is 136 cm³/mol. The fourth-order valence-corrected chi connectivity index (χ4v) is 5.09. The van der Waals surface area contributed by atoms with Crippen molar-refractivity contribution in [2.45, 2.75) is 38.3 Å². The Morgan fingerprint density at radius 2 is 2.11 bits per heavy atom. The highest BCUT2D eigenvalue weighted by molar-refractivity contribution is 5.83. The molecule has 36 heavy (non-hydrogen) atoms. The van der Waals surface area contributed by atoms with Crippen molar-refractivity contribution in [3.8, 4) is 17.6 Å². The SMILES string of the molecule is COc1ccc2nccc([C@@H](F)CCC3CCN(CC#Cc4nccn4C)CC3CCC(=O)O)c2c1. The van der Waals surface area contributed by atoms with Crippen LogP contribution < -0.4 is 4.74 Å². The Balaban J connectivity index is 1.40. The molecule has 3 heterocycles. The normalized spacial score (nSPS) is 19.0. The largest absolute Gasteiger partial charge is 0.497 e. The second-order valence-electron chi connectivity index (χ2n) is 9.47. The number of rotatable bonds is 9. The van der Waals surface area contributed by atoms with Gasteiger partial charge < -0.3 is 14.4 Å². The summed E-state index contributed by atoms with van der Waals surface area (Å²) in [6.45, 7) is 2.26. The lowest BCUT2D eigenvalue weighted by Gasteiger charge is -2.38. The number of pyridine rings is 1. The van der Waals surface area contributed by atoms with E-state index in [1.165, 1.54) is 0 Å². The molecule has 0 spiro atoms. The number of carboxylic acids is 1. The van der Waals surface area contributed by atoms with Crippen molar-refractivity contribution in [1.29, 1.82) is 0 Å². The third kappa shape index (κ3) is 6.41. The minimum atomic E-state index is -1.12. The summed E-state index contributed by atoms with van der Waals surface area (Å²) < 4.78 is 22.7. The van der Waals surface area contributed by atoms with Crippen molar-refractivity contribution >= 4 is 16.9 Å². The van der Waals surface area contributed by atoms with Crippen LogP contribution in [0.2, 0.25) is 0 Å². The monoisotopic (exact) mass is 492 g/mol. The second-order valence-corrected chi connectivity index (χ2v) is 9.47. The summed E-state index contributed by atoms with van der Waals surface area (Å²) in [5.74, 6) is 7.39. The van der Waals surface area contributed by atoms with E-state index >= 15 is 4.39 Å². The zero-order valence-electron chi connectivity index (χ0n) is 20.9. The van der Waals surface area contributed by atoms with Gasteiger partial charge in [0.2, 0.25) is 0 Å². The number of carbonyl (C=O) groups is 1. The van der Waals surface area contributed by atoms with Gasteiger partial charge in [-0.2, -0.15) is 0 Å². The van der Waals surface area contributed by atoms with Gasteiger partial charge in [-0.1, -0.05) is 5.92 Å². The van der Waals surface area contributed by atoms with Crippen molar-refractivity contribution in [3.05, 3.63) is 54.2 Å². The van der Waals surface area contributed by atoms with E-state index in [1.54, 1.807) is 25.6 Å². The van der Waals surface area contributed by atoms with Crippen LogP contribution in [0.15, 0.2) is 42.9 Å². The molecule has 7 nitrogen and oxygen atoms in total. The number of ether oxygens (including phenoxy) is 1. The average Bonchev–Trinajstić information content (AvgIpc) is 3.30. The van der Waals surface area contributed by atoms with Crippen LogP contribution in [-0.4, -0.2) is 57.3 Å². The summed E-state index contributed by atoms with van der Waals surface area (Å²) in [5, 5.41) is 10.0. The Morgan fingerprint density at radius 1 is 1.25 bits per heavy atom. The minimum absolute atomic E-state index is 0.127. The van der Waals surface area contributed by atoms with Gasteiger partial charge in [-0.25, -0.2) is 9.37 Å². The van der Waals surface area contributed by atoms with Crippen LogP contribution in [0.1, 0.15) is 49.7 Å². The summed E-state index contributed by atoms with van der Waals surface area (Å²) in [4.78, 5) is 22.1. The van der Waals surface area contributed by atoms with Crippen LogP contribution in [0.5, 0.6) is 5.75 Å². The highest BCUT2D eigenvalue weighted by Crippen LogP contribution is 2.36. The lowest BCUT2D eigenvalue weighted by Crippen LogP contribution is -2.41. The van der Waals surface area contributed by atoms with E-state index in [9.17, 15) is 9.90 Å². The number of alkyl halides is 1. The van der Waals surface area contributed by atoms with Crippen LogP contribution in [0, 0.1) is 23.7 Å². The Bertz CT molecular complexity index is 1250. The minimum Gasteiger partial charge on any atom is -0.497 e. The maximum absolute atomic E-state index is 15.5. The zero-order valence-corrected chi connectivity index (χ0v) is 20.9. The van der Waals surface area contributed by atoms with Crippen LogP contribution in [0.25, 0.3) is 10.9 Å². The second kappa shape index (κ2) is 12.0. The first-order valence-electron chi connectivity index (χ1n) is 12.4. The molecule has 4 rings (SSSR count). The van der Waals surface area contributed by atoms with E-state index in [1.807, 2.05) is 36.0 Å². The van der Waals surface area contributed by atoms with Crippen molar-refractivity contribution in [2.75, 3.05) is 26.7 Å². The maximum Gasteiger partial charge on any atom is 0.303 e. The molecule has 0 aliphatic carbocycles. The molecule has 1 aliphatic rings. The number of benzene rings is 1. The molecule has 0 saturated carbocycles. The molecule has 190 valence electrons. The predicted octanol–water partition coefficient (Wildman–Crippen LogP) is 4.62. The van der Waals surface area contributed by atoms with Crippen molar-refractivity contribution in [2.24, 2.45) is 18.9 Å². The smallest absolute Gasteiger partial charge is 0.303 e. The van der Waals surface area contributed by atoms with Crippen molar-refractivity contribution in [1.82, 2.24) is 19.4 Å². The van der Waals surface area contributed by atoms with E-state index in [0.717, 1.165) is 36.2 Å². The molecule has 8 heteroatoms. The van der Waals surface area contributed by atoms with Gasteiger partial charge in [-0.3, -0.25) is 14.7 Å². The third-order valence-electron chi connectivity index (χ3n) is 7.14. The maximum atomic E-state index is 15.5. The number of aliphatic carboxylic acids is 1. The fraction of sp³-hybridized carbons (Fsp3) is 0.464. The topological polar surface area (TPSA) is 80.5 Å². The number of likely N-dealkylation sites (tertiary alicyclic amines) is 1. The molecule has 2 aromatic heterocycles. The molecule has 0 radical (unpaired) electrons. The molecule has 1 aromatic carbocycles. The highest BCUT2D eigenvalue weighted by Gasteiger charge is 2.30. The van der Waals surface area contributed by atoms with Crippen LogP contribution in [0.3, 0.4) is 0 Å². The van der Waals surface area contributed by atoms with Gasteiger partial charge in [0.25, 0.3) is 0 Å². The number of aryl methyl sites for hydroxylation is 1. The average molecular weight is 493 g/mol. The van der Waals surface area contributed by atoms with E-state index in [-0.39, 0.29) is 18.3 Å². The summed E-state index contributed by atoms with van der Waals surface area (Å²) in [5.41, 5.74) is 1.37. The first kappa shape index (κ1) is 25.6. The van der Waals surface area contributed by atoms with Gasteiger partial charge in [0.1, 0.15) is 11.9 Å². The number of methoxy groups -OCH3 is 1. The standard InChI is InChI=1S/C28H33FN4O3/c1-32-17-14-31-27(32)4-3-15-33-16-12-20(21(19-33)6-10-28(34)35)5-8-25(29)23-11-13-30-26-9-7-22(36-2)18-24(23)26/h7,9,11,13-14,17-18,20-21,25H,5-6,8,10,12,15-16,19H2,1-2H3,(H,34,35)/t20?,21?,25-/m0/s1. The van der Waals surface area contributed by atoms with Gasteiger partial charge in [0.15, 0.2) is 5.82 Å². The van der Waals surface area contributed by atoms with Gasteiger partial charge in [-0.05, 0) is 79.8 Å². The fourth-order valence-electron chi connectivity index (χ4n) is 5.09. The Labute approximate surface area is 211 Å². The lowest BCUT2D eigenvalue weighted by molar-refractivity contribution is -0.137. The number of halogens is 1. The number of fused-ring (bicyclic) bond motifs is 1. The molecule has 1 saturated heterocycles. The van der Waals surface area contributed by atoms with Crippen LogP contribution in [-0.2, 0) is 11.8 Å². The Morgan fingerprint density at radius 3 is 2.86 bits per heavy atom. The van der Waals surface area contributed by atoms with E-state index in [0.29, 0.717) is 37.1 Å². The highest BCUT2D eigenvalue weighted by atomic mass is 19.1. The first-order chi connectivity index (χ1) is 17.4. The Kier molecular flexibility index (Phi) is 8.55. The summed E-state index contributed by atoms with van der Waals surface area (Å²) in [6.07, 6.45) is 6.85. The molecule has 1 aliphatic heterocycles. The van der Waals surface area contributed by atoms with Gasteiger partial charge >= 0.3 is 5.97 Å². The van der Waals surface area contributed by atoms with E-state index < -0.39 is 12.1 Å². The summed E-state index contributed by atoms with van der Waals surface area (Å²) in [6, 6.07) is 7.26. The summed E-state index contributed by atoms with van der Waals surface area (Å²) >= 11 is 0. The van der Waals surface area contributed by atoms with Gasteiger partial charge in [-0.15, -0.1) is 0 Å². The van der Waals surface area contributed by atoms with Crippen LogP contribution >= 0.6 is 0 Å². The summed E-state index contributed by atoms with van der Waals surface area (Å²) in [7, 11) is 3.51. The number of hydrogen-bond donors (Lipinski definition) is 1. The number of carboxylic acid groups (broad SMARTS) is 1. The molecule has 0 amide bonds. The molecule has 3 aromatic rings. The van der Waals surface area contributed by atoms with Gasteiger partial charge in [0.05, 0.1) is 19.2 Å². The third-order valence-corrected chi connectivity index (χ3v) is 7.14. The number of nitrogens with zero attached hydrogens (tertiary/aromatic N) is 4. The lowest BCUT2D eigenvalue weighted by atomic mass is 9.79. The quantitative estimate of drug-likeness (QED) is 0.439. The molecular weight excluding hydrogens is 459 g/mol. The van der Waals surface area contributed by atoms with Crippen LogP contribution in [0.4, 0.5) is 4.39 Å². The number of hydrogen-bond acceptors (Lipinski definition) is 5. The van der Waals surface area contributed by atoms with Crippen molar-refractivity contribution in [3.63, 3.8) is 0 Å². The first-order valence-corrected chi connectivity index (χ1v) is 12.4. The molecule has 2 unspecified atom stereocenters. The number of imidazole rings is 1. The molecule has 0 bridgehead atoms. The number of piperidine rings is 1.